The molecule has 128 valence electrons. The first-order valence-electron chi connectivity index (χ1n) is 6.48. The summed E-state index contributed by atoms with van der Waals surface area (Å²) in [4.78, 5) is 3.40. The van der Waals surface area contributed by atoms with Crippen molar-refractivity contribution in [3.8, 4) is 6.07 Å². The number of nitrogens with zero attached hydrogens (tertiary/aromatic N) is 2. The van der Waals surface area contributed by atoms with Crippen LogP contribution in [0.5, 0.6) is 0 Å². The molecule has 0 amide bonds. The largest absolute Gasteiger partial charge is 0.434 e. The molecule has 1 aromatic carbocycles. The highest BCUT2D eigenvalue weighted by Gasteiger charge is 2.34. The zero-order valence-corrected chi connectivity index (χ0v) is 12.6. The highest BCUT2D eigenvalue weighted by Crippen LogP contribution is 2.35. The maximum absolute atomic E-state index is 12.9. The minimum Gasteiger partial charge on any atom is -0.384 e. The molecule has 1 heterocycles. The van der Waals surface area contributed by atoms with Crippen LogP contribution >= 0.6 is 11.3 Å². The Morgan fingerprint density at radius 2 is 1.83 bits per heavy atom. The summed E-state index contributed by atoms with van der Waals surface area (Å²) in [5, 5.41) is 12.3. The summed E-state index contributed by atoms with van der Waals surface area (Å²) >= 11 is 0.783. The van der Waals surface area contributed by atoms with Crippen molar-refractivity contribution >= 4 is 17.0 Å². The number of thiazole rings is 1. The third-order valence-electron chi connectivity index (χ3n) is 2.95. The van der Waals surface area contributed by atoms with Crippen molar-refractivity contribution in [2.24, 2.45) is 0 Å². The predicted octanol–water partition coefficient (Wildman–Crippen LogP) is 4.71. The van der Waals surface area contributed by atoms with Gasteiger partial charge in [0.15, 0.2) is 5.69 Å². The zero-order chi connectivity index (χ0) is 18.0. The Hall–Kier alpha value is -2.28. The Balaban J connectivity index is 2.09. The second-order valence-electron chi connectivity index (χ2n) is 4.67. The number of rotatable bonds is 4. The van der Waals surface area contributed by atoms with Crippen molar-refractivity contribution in [2.75, 3.05) is 11.9 Å². The third kappa shape index (κ3) is 4.38. The summed E-state index contributed by atoms with van der Waals surface area (Å²) in [7, 11) is 0. The van der Waals surface area contributed by atoms with Crippen LogP contribution in [-0.2, 0) is 18.8 Å². The number of benzene rings is 1. The van der Waals surface area contributed by atoms with Crippen molar-refractivity contribution in [2.45, 2.75) is 18.8 Å². The van der Waals surface area contributed by atoms with Gasteiger partial charge < -0.3 is 5.32 Å². The molecule has 0 radical (unpaired) electrons. The van der Waals surface area contributed by atoms with E-state index in [1.54, 1.807) is 6.07 Å². The van der Waals surface area contributed by atoms with E-state index in [9.17, 15) is 26.3 Å². The number of hydrogen-bond acceptors (Lipinski definition) is 4. The van der Waals surface area contributed by atoms with Gasteiger partial charge in [-0.05, 0) is 18.2 Å². The minimum absolute atomic E-state index is 0.0226. The first-order chi connectivity index (χ1) is 11.1. The highest BCUT2D eigenvalue weighted by atomic mass is 32.1. The molecule has 0 saturated heterocycles. The quantitative estimate of drug-likeness (QED) is 0.799. The van der Waals surface area contributed by atoms with Crippen molar-refractivity contribution in [1.29, 1.82) is 5.26 Å². The van der Waals surface area contributed by atoms with Gasteiger partial charge in [-0.15, -0.1) is 11.3 Å². The van der Waals surface area contributed by atoms with Crippen LogP contribution in [0.15, 0.2) is 23.6 Å². The number of nitrogens with one attached hydrogen (secondary N) is 1. The van der Waals surface area contributed by atoms with E-state index < -0.39 is 23.6 Å². The minimum atomic E-state index is -4.61. The number of nitriles is 1. The molecule has 0 spiro atoms. The number of hydrogen-bond donors (Lipinski definition) is 1. The van der Waals surface area contributed by atoms with E-state index in [-0.39, 0.29) is 29.2 Å². The molecule has 2 rings (SSSR count). The second kappa shape index (κ2) is 6.68. The van der Waals surface area contributed by atoms with E-state index in [1.807, 2.05) is 0 Å². The standard InChI is InChI=1S/C14H9F6N3S/c15-13(16,17)9-2-1-8(6-21)5-10(9)22-4-3-12-23-11(7-24-12)14(18,19)20/h1-2,5,7,22H,3-4H2. The predicted molar refractivity (Wildman–Crippen MR) is 75.5 cm³/mol. The second-order valence-corrected chi connectivity index (χ2v) is 5.61. The van der Waals surface area contributed by atoms with E-state index in [1.165, 1.54) is 0 Å². The summed E-state index contributed by atoms with van der Waals surface area (Å²) < 4.78 is 76.0. The summed E-state index contributed by atoms with van der Waals surface area (Å²) in [6, 6.07) is 4.61. The van der Waals surface area contributed by atoms with Crippen LogP contribution in [0.3, 0.4) is 0 Å². The van der Waals surface area contributed by atoms with Crippen molar-refractivity contribution in [3.63, 3.8) is 0 Å². The van der Waals surface area contributed by atoms with Crippen LogP contribution in [0.1, 0.15) is 21.8 Å². The molecule has 1 N–H and O–H groups in total. The lowest BCUT2D eigenvalue weighted by Crippen LogP contribution is -2.13. The topological polar surface area (TPSA) is 48.7 Å². The highest BCUT2D eigenvalue weighted by molar-refractivity contribution is 7.09. The van der Waals surface area contributed by atoms with Crippen LogP contribution in [0, 0.1) is 11.3 Å². The van der Waals surface area contributed by atoms with Gasteiger partial charge in [0, 0.05) is 24.0 Å². The number of aromatic nitrogens is 1. The van der Waals surface area contributed by atoms with Gasteiger partial charge in [0.2, 0.25) is 0 Å². The first kappa shape index (κ1) is 18.1. The lowest BCUT2D eigenvalue weighted by Gasteiger charge is -2.14. The SMILES string of the molecule is N#Cc1ccc(C(F)(F)F)c(NCCc2nc(C(F)(F)F)cs2)c1. The van der Waals surface area contributed by atoms with Gasteiger partial charge in [-0.2, -0.15) is 31.6 Å². The molecule has 0 aliphatic rings. The van der Waals surface area contributed by atoms with Crippen molar-refractivity contribution in [3.05, 3.63) is 45.4 Å². The van der Waals surface area contributed by atoms with Crippen LogP contribution in [-0.4, -0.2) is 11.5 Å². The molecule has 3 nitrogen and oxygen atoms in total. The molecular weight excluding hydrogens is 356 g/mol. The average molecular weight is 365 g/mol. The maximum atomic E-state index is 12.9. The van der Waals surface area contributed by atoms with Crippen LogP contribution in [0.4, 0.5) is 32.0 Å². The molecule has 2 aromatic rings. The van der Waals surface area contributed by atoms with Gasteiger partial charge in [-0.1, -0.05) is 0 Å². The lowest BCUT2D eigenvalue weighted by molar-refractivity contribution is -0.141. The van der Waals surface area contributed by atoms with Crippen molar-refractivity contribution < 1.29 is 26.3 Å². The molecule has 0 fully saturated rings. The molecule has 0 aliphatic heterocycles. The molecule has 0 aliphatic carbocycles. The van der Waals surface area contributed by atoms with Crippen molar-refractivity contribution in [1.82, 2.24) is 4.98 Å². The van der Waals surface area contributed by atoms with Crippen LogP contribution in [0.2, 0.25) is 0 Å². The van der Waals surface area contributed by atoms with Crippen LogP contribution < -0.4 is 5.32 Å². The van der Waals surface area contributed by atoms with Gasteiger partial charge in [-0.3, -0.25) is 0 Å². The zero-order valence-electron chi connectivity index (χ0n) is 11.8. The smallest absolute Gasteiger partial charge is 0.384 e. The van der Waals surface area contributed by atoms with E-state index in [4.69, 9.17) is 5.26 Å². The summed E-state index contributed by atoms with van der Waals surface area (Å²) in [6.07, 6.45) is -9.14. The molecule has 10 heteroatoms. The lowest BCUT2D eigenvalue weighted by atomic mass is 10.1. The van der Waals surface area contributed by atoms with Gasteiger partial charge in [0.05, 0.1) is 22.2 Å². The summed E-state index contributed by atoms with van der Waals surface area (Å²) in [5.41, 5.74) is -2.23. The number of halogens is 6. The monoisotopic (exact) mass is 365 g/mol. The Morgan fingerprint density at radius 3 is 2.38 bits per heavy atom. The third-order valence-corrected chi connectivity index (χ3v) is 3.86. The van der Waals surface area contributed by atoms with E-state index in [2.05, 4.69) is 10.3 Å². The fourth-order valence-electron chi connectivity index (χ4n) is 1.87. The normalized spacial score (nSPS) is 12.0. The molecule has 0 bridgehead atoms. The van der Waals surface area contributed by atoms with E-state index in [0.29, 0.717) is 0 Å². The average Bonchev–Trinajstić information content (AvgIpc) is 2.95. The van der Waals surface area contributed by atoms with Gasteiger partial charge in [-0.25, -0.2) is 4.98 Å². The van der Waals surface area contributed by atoms with Gasteiger partial charge in [0.25, 0.3) is 0 Å². The molecule has 0 atom stereocenters. The number of anilines is 1. The van der Waals surface area contributed by atoms with Gasteiger partial charge in [0.1, 0.15) is 0 Å². The Kier molecular flexibility index (Phi) is 5.03. The van der Waals surface area contributed by atoms with E-state index >= 15 is 0 Å². The maximum Gasteiger partial charge on any atom is 0.434 e. The van der Waals surface area contributed by atoms with Crippen LogP contribution in [0.25, 0.3) is 0 Å². The van der Waals surface area contributed by atoms with E-state index in [0.717, 1.165) is 34.9 Å². The molecule has 0 unspecified atom stereocenters. The Labute approximate surface area is 136 Å². The molecule has 0 saturated carbocycles. The molecular formula is C14H9F6N3S. The number of alkyl halides is 6. The Bertz CT molecular complexity index is 757. The fourth-order valence-corrected chi connectivity index (χ4v) is 2.67. The van der Waals surface area contributed by atoms with Gasteiger partial charge >= 0.3 is 12.4 Å². The fraction of sp³-hybridized carbons (Fsp3) is 0.286. The Morgan fingerprint density at radius 1 is 1.12 bits per heavy atom. The molecule has 24 heavy (non-hydrogen) atoms. The summed E-state index contributed by atoms with van der Waals surface area (Å²) in [5.74, 6) is 0. The first-order valence-corrected chi connectivity index (χ1v) is 7.36. The molecule has 1 aromatic heterocycles. The summed E-state index contributed by atoms with van der Waals surface area (Å²) in [6.45, 7) is -0.0528.